The van der Waals surface area contributed by atoms with Gasteiger partial charge < -0.3 is 9.47 Å². The van der Waals surface area contributed by atoms with Gasteiger partial charge in [0.1, 0.15) is 0 Å². The molecule has 2 fully saturated rings. The lowest BCUT2D eigenvalue weighted by molar-refractivity contribution is -0.0920. The molecule has 0 amide bonds. The number of hydrogen-bond donors (Lipinski definition) is 0. The standard InChI is InChI=1S/C14H20N2O3/c1-10-12(8-16(2)15-10)13(17)11-3-5-19-14(7-11)4-6-18-9-14/h8,11H,3-7,9H2,1-2H3. The number of carbonyl (C=O) groups is 1. The van der Waals surface area contributed by atoms with Crippen molar-refractivity contribution in [2.24, 2.45) is 13.0 Å². The number of aromatic nitrogens is 2. The van der Waals surface area contributed by atoms with Crippen molar-refractivity contribution in [3.8, 4) is 0 Å². The number of hydrogen-bond acceptors (Lipinski definition) is 4. The van der Waals surface area contributed by atoms with Crippen LogP contribution in [-0.2, 0) is 16.5 Å². The Bertz CT molecular complexity index is 489. The molecule has 2 aliphatic rings. The Morgan fingerprint density at radius 3 is 3.00 bits per heavy atom. The van der Waals surface area contributed by atoms with E-state index in [2.05, 4.69) is 5.10 Å². The SMILES string of the molecule is Cc1nn(C)cc1C(=O)C1CCOC2(CCOC2)C1. The molecule has 3 heterocycles. The van der Waals surface area contributed by atoms with E-state index in [9.17, 15) is 4.79 Å². The Morgan fingerprint density at radius 1 is 1.53 bits per heavy atom. The molecular weight excluding hydrogens is 244 g/mol. The maximum Gasteiger partial charge on any atom is 0.169 e. The maximum atomic E-state index is 12.6. The van der Waals surface area contributed by atoms with Crippen LogP contribution in [0.5, 0.6) is 0 Å². The fourth-order valence-corrected chi connectivity index (χ4v) is 3.18. The molecule has 0 N–H and O–H groups in total. The van der Waals surface area contributed by atoms with Crippen molar-refractivity contribution in [2.45, 2.75) is 31.8 Å². The first-order chi connectivity index (χ1) is 9.10. The van der Waals surface area contributed by atoms with E-state index in [0.717, 1.165) is 37.1 Å². The Kier molecular flexibility index (Phi) is 3.19. The monoisotopic (exact) mass is 264 g/mol. The van der Waals surface area contributed by atoms with Crippen LogP contribution in [0.1, 0.15) is 35.3 Å². The molecule has 0 saturated carbocycles. The van der Waals surface area contributed by atoms with E-state index < -0.39 is 0 Å². The minimum Gasteiger partial charge on any atom is -0.378 e. The van der Waals surface area contributed by atoms with Gasteiger partial charge in [-0.05, 0) is 19.8 Å². The number of Topliss-reactive ketones (excluding diaryl/α,β-unsaturated/α-hetero) is 1. The van der Waals surface area contributed by atoms with E-state index in [1.165, 1.54) is 0 Å². The predicted octanol–water partition coefficient (Wildman–Crippen LogP) is 1.50. The van der Waals surface area contributed by atoms with Gasteiger partial charge in [0.25, 0.3) is 0 Å². The van der Waals surface area contributed by atoms with Crippen molar-refractivity contribution < 1.29 is 14.3 Å². The summed E-state index contributed by atoms with van der Waals surface area (Å²) in [5, 5.41) is 4.26. The summed E-state index contributed by atoms with van der Waals surface area (Å²) in [6, 6.07) is 0. The molecule has 0 aromatic carbocycles. The molecule has 2 unspecified atom stereocenters. The molecule has 2 aliphatic heterocycles. The van der Waals surface area contributed by atoms with Gasteiger partial charge in [-0.3, -0.25) is 9.48 Å². The van der Waals surface area contributed by atoms with Crippen LogP contribution in [0.2, 0.25) is 0 Å². The molecule has 1 spiro atoms. The minimum atomic E-state index is -0.214. The molecule has 1 aromatic heterocycles. The molecular formula is C14H20N2O3. The highest BCUT2D eigenvalue weighted by Gasteiger charge is 2.43. The number of carbonyl (C=O) groups excluding carboxylic acids is 1. The first kappa shape index (κ1) is 12.8. The van der Waals surface area contributed by atoms with Crippen LogP contribution in [0.25, 0.3) is 0 Å². The van der Waals surface area contributed by atoms with Crippen molar-refractivity contribution in [3.05, 3.63) is 17.5 Å². The third-order valence-electron chi connectivity index (χ3n) is 4.21. The number of nitrogens with zero attached hydrogens (tertiary/aromatic N) is 2. The van der Waals surface area contributed by atoms with Crippen LogP contribution < -0.4 is 0 Å². The van der Waals surface area contributed by atoms with Crippen molar-refractivity contribution in [1.29, 1.82) is 0 Å². The van der Waals surface area contributed by atoms with Crippen LogP contribution in [0.3, 0.4) is 0 Å². The molecule has 0 bridgehead atoms. The van der Waals surface area contributed by atoms with Crippen molar-refractivity contribution in [2.75, 3.05) is 19.8 Å². The first-order valence-electron chi connectivity index (χ1n) is 6.86. The number of rotatable bonds is 2. The highest BCUT2D eigenvalue weighted by molar-refractivity contribution is 5.98. The van der Waals surface area contributed by atoms with Gasteiger partial charge in [-0.2, -0.15) is 5.10 Å². The third-order valence-corrected chi connectivity index (χ3v) is 4.21. The lowest BCUT2D eigenvalue weighted by Crippen LogP contribution is -2.42. The summed E-state index contributed by atoms with van der Waals surface area (Å²) in [6.45, 7) is 3.91. The van der Waals surface area contributed by atoms with Crippen LogP contribution in [0, 0.1) is 12.8 Å². The molecule has 5 nitrogen and oxygen atoms in total. The average molecular weight is 264 g/mol. The summed E-state index contributed by atoms with van der Waals surface area (Å²) < 4.78 is 13.0. The zero-order chi connectivity index (χ0) is 13.5. The zero-order valence-electron chi connectivity index (χ0n) is 11.5. The van der Waals surface area contributed by atoms with Crippen LogP contribution >= 0.6 is 0 Å². The van der Waals surface area contributed by atoms with Crippen LogP contribution in [0.4, 0.5) is 0 Å². The Balaban J connectivity index is 1.78. The molecule has 0 aliphatic carbocycles. The molecule has 2 saturated heterocycles. The van der Waals surface area contributed by atoms with Gasteiger partial charge in [-0.25, -0.2) is 0 Å². The summed E-state index contributed by atoms with van der Waals surface area (Å²) in [6.07, 6.45) is 4.31. The van der Waals surface area contributed by atoms with Gasteiger partial charge >= 0.3 is 0 Å². The van der Waals surface area contributed by atoms with E-state index in [0.29, 0.717) is 13.2 Å². The van der Waals surface area contributed by atoms with Crippen molar-refractivity contribution in [3.63, 3.8) is 0 Å². The van der Waals surface area contributed by atoms with Crippen LogP contribution in [-0.4, -0.2) is 41.0 Å². The normalized spacial score (nSPS) is 30.9. The zero-order valence-corrected chi connectivity index (χ0v) is 11.5. The lowest BCUT2D eigenvalue weighted by atomic mass is 9.81. The number of ketones is 1. The van der Waals surface area contributed by atoms with Crippen molar-refractivity contribution >= 4 is 5.78 Å². The topological polar surface area (TPSA) is 53.4 Å². The largest absolute Gasteiger partial charge is 0.378 e. The molecule has 104 valence electrons. The molecule has 2 atom stereocenters. The Morgan fingerprint density at radius 2 is 2.37 bits per heavy atom. The van der Waals surface area contributed by atoms with Gasteiger partial charge in [-0.1, -0.05) is 0 Å². The number of aryl methyl sites for hydroxylation is 2. The molecule has 19 heavy (non-hydrogen) atoms. The quantitative estimate of drug-likeness (QED) is 0.760. The van der Waals surface area contributed by atoms with Crippen LogP contribution in [0.15, 0.2) is 6.20 Å². The summed E-state index contributed by atoms with van der Waals surface area (Å²) in [5.74, 6) is 0.249. The molecule has 5 heteroatoms. The van der Waals surface area contributed by atoms with Gasteiger partial charge in [0.05, 0.1) is 23.5 Å². The van der Waals surface area contributed by atoms with Gasteiger partial charge in [0.2, 0.25) is 0 Å². The van der Waals surface area contributed by atoms with E-state index >= 15 is 0 Å². The molecule has 3 rings (SSSR count). The second-order valence-electron chi connectivity index (χ2n) is 5.69. The second-order valence-corrected chi connectivity index (χ2v) is 5.69. The highest BCUT2D eigenvalue weighted by Crippen LogP contribution is 2.37. The van der Waals surface area contributed by atoms with Gasteiger partial charge in [-0.15, -0.1) is 0 Å². The average Bonchev–Trinajstić information content (AvgIpc) is 2.96. The lowest BCUT2D eigenvalue weighted by Gasteiger charge is -2.36. The van der Waals surface area contributed by atoms with Gasteiger partial charge in [0.15, 0.2) is 5.78 Å². The fourth-order valence-electron chi connectivity index (χ4n) is 3.18. The van der Waals surface area contributed by atoms with E-state index in [4.69, 9.17) is 9.47 Å². The molecule has 1 aromatic rings. The van der Waals surface area contributed by atoms with E-state index in [1.54, 1.807) is 4.68 Å². The summed E-state index contributed by atoms with van der Waals surface area (Å²) in [7, 11) is 1.85. The summed E-state index contributed by atoms with van der Waals surface area (Å²) in [5.41, 5.74) is 1.36. The summed E-state index contributed by atoms with van der Waals surface area (Å²) in [4.78, 5) is 12.6. The van der Waals surface area contributed by atoms with Crippen molar-refractivity contribution in [1.82, 2.24) is 9.78 Å². The van der Waals surface area contributed by atoms with E-state index in [-0.39, 0.29) is 17.3 Å². The van der Waals surface area contributed by atoms with Gasteiger partial charge in [0, 0.05) is 38.8 Å². The fraction of sp³-hybridized carbons (Fsp3) is 0.714. The Hall–Kier alpha value is -1.20. The smallest absolute Gasteiger partial charge is 0.169 e. The van der Waals surface area contributed by atoms with E-state index in [1.807, 2.05) is 20.2 Å². The number of ether oxygens (including phenoxy) is 2. The third kappa shape index (κ3) is 2.32. The first-order valence-corrected chi connectivity index (χ1v) is 6.86. The molecule has 0 radical (unpaired) electrons. The maximum absolute atomic E-state index is 12.6. The minimum absolute atomic E-state index is 0.0401. The highest BCUT2D eigenvalue weighted by atomic mass is 16.6. The predicted molar refractivity (Wildman–Crippen MR) is 69.1 cm³/mol. The Labute approximate surface area is 112 Å². The summed E-state index contributed by atoms with van der Waals surface area (Å²) >= 11 is 0. The second kappa shape index (κ2) is 4.72.